The molecule has 1 aromatic carbocycles. The second-order valence-corrected chi connectivity index (χ2v) is 4.38. The molecule has 2 rings (SSSR count). The summed E-state index contributed by atoms with van der Waals surface area (Å²) in [5.41, 5.74) is 7.68. The van der Waals surface area contributed by atoms with Crippen LogP contribution >= 0.6 is 0 Å². The quantitative estimate of drug-likeness (QED) is 0.857. The predicted molar refractivity (Wildman–Crippen MR) is 76.2 cm³/mol. The maximum Gasteiger partial charge on any atom is 0.222 e. The Morgan fingerprint density at radius 1 is 1.16 bits per heavy atom. The number of nitrogens with one attached hydrogen (secondary N) is 1. The van der Waals surface area contributed by atoms with Crippen LogP contribution < -0.4 is 15.8 Å². The Kier molecular flexibility index (Phi) is 4.30. The normalized spacial score (nSPS) is 11.9. The maximum absolute atomic E-state index is 5.66. The lowest BCUT2D eigenvalue weighted by Crippen LogP contribution is -2.25. The van der Waals surface area contributed by atoms with Crippen LogP contribution in [-0.2, 0) is 0 Å². The Hall–Kier alpha value is -2.14. The first-order chi connectivity index (χ1) is 9.19. The first kappa shape index (κ1) is 13.3. The molecule has 0 saturated heterocycles. The third-order valence-electron chi connectivity index (χ3n) is 2.66. The van der Waals surface area contributed by atoms with E-state index in [9.17, 15) is 0 Å². The van der Waals surface area contributed by atoms with Gasteiger partial charge in [0.25, 0.3) is 0 Å². The van der Waals surface area contributed by atoms with Crippen molar-refractivity contribution >= 4 is 5.95 Å². The predicted octanol–water partition coefficient (Wildman–Crippen LogP) is 1.91. The first-order valence-corrected chi connectivity index (χ1v) is 6.15. The van der Waals surface area contributed by atoms with Gasteiger partial charge in [0.1, 0.15) is 5.75 Å². The lowest BCUT2D eigenvalue weighted by molar-refractivity contribution is 0.415. The molecule has 1 aromatic heterocycles. The van der Waals surface area contributed by atoms with Crippen molar-refractivity contribution in [3.05, 3.63) is 36.7 Å². The fourth-order valence-corrected chi connectivity index (χ4v) is 1.60. The van der Waals surface area contributed by atoms with Gasteiger partial charge in [0.2, 0.25) is 5.95 Å². The molecule has 0 aliphatic carbocycles. The number of hydrogen-bond donors (Lipinski definition) is 2. The van der Waals surface area contributed by atoms with Crippen LogP contribution in [0.5, 0.6) is 5.75 Å². The molecule has 3 N–H and O–H groups in total. The van der Waals surface area contributed by atoms with Gasteiger partial charge in [-0.05, 0) is 24.6 Å². The molecule has 100 valence electrons. The molecule has 0 radical (unpaired) electrons. The first-order valence-electron chi connectivity index (χ1n) is 6.15. The number of ether oxygens (including phenoxy) is 1. The lowest BCUT2D eigenvalue weighted by Gasteiger charge is -2.08. The second kappa shape index (κ2) is 6.15. The summed E-state index contributed by atoms with van der Waals surface area (Å²) in [6, 6.07) is 7.86. The number of nitrogens with two attached hydrogens (primary N) is 1. The van der Waals surface area contributed by atoms with Crippen molar-refractivity contribution in [2.75, 3.05) is 19.0 Å². The minimum Gasteiger partial charge on any atom is -0.497 e. The van der Waals surface area contributed by atoms with Crippen molar-refractivity contribution in [1.29, 1.82) is 0 Å². The summed E-state index contributed by atoms with van der Waals surface area (Å²) >= 11 is 0. The average Bonchev–Trinajstić information content (AvgIpc) is 2.46. The zero-order valence-corrected chi connectivity index (χ0v) is 11.1. The topological polar surface area (TPSA) is 73.1 Å². The van der Waals surface area contributed by atoms with Gasteiger partial charge in [-0.2, -0.15) is 0 Å². The van der Waals surface area contributed by atoms with Gasteiger partial charge >= 0.3 is 0 Å². The molecule has 5 nitrogen and oxygen atoms in total. The van der Waals surface area contributed by atoms with E-state index in [4.69, 9.17) is 10.5 Å². The van der Waals surface area contributed by atoms with E-state index < -0.39 is 0 Å². The monoisotopic (exact) mass is 258 g/mol. The van der Waals surface area contributed by atoms with E-state index in [2.05, 4.69) is 15.3 Å². The van der Waals surface area contributed by atoms with E-state index in [-0.39, 0.29) is 6.04 Å². The van der Waals surface area contributed by atoms with Gasteiger partial charge in [-0.1, -0.05) is 12.1 Å². The van der Waals surface area contributed by atoms with Crippen LogP contribution in [0, 0.1) is 0 Å². The van der Waals surface area contributed by atoms with Crippen molar-refractivity contribution in [3.8, 4) is 16.9 Å². The number of rotatable bonds is 5. The van der Waals surface area contributed by atoms with Crippen molar-refractivity contribution in [2.24, 2.45) is 5.73 Å². The van der Waals surface area contributed by atoms with Gasteiger partial charge in [0, 0.05) is 30.5 Å². The van der Waals surface area contributed by atoms with E-state index >= 15 is 0 Å². The zero-order chi connectivity index (χ0) is 13.7. The van der Waals surface area contributed by atoms with Crippen LogP contribution in [-0.4, -0.2) is 29.7 Å². The highest BCUT2D eigenvalue weighted by Crippen LogP contribution is 2.21. The molecule has 0 bridgehead atoms. The third-order valence-corrected chi connectivity index (χ3v) is 2.66. The molecule has 2 aromatic rings. The van der Waals surface area contributed by atoms with Crippen molar-refractivity contribution in [3.63, 3.8) is 0 Å². The molecular weight excluding hydrogens is 240 g/mol. The summed E-state index contributed by atoms with van der Waals surface area (Å²) in [5, 5.41) is 3.07. The van der Waals surface area contributed by atoms with Gasteiger partial charge < -0.3 is 15.8 Å². The SMILES string of the molecule is COc1ccc(-c2cnc(NCC(C)N)nc2)cc1. The molecule has 1 heterocycles. The zero-order valence-electron chi connectivity index (χ0n) is 11.1. The summed E-state index contributed by atoms with van der Waals surface area (Å²) in [7, 11) is 1.65. The number of anilines is 1. The Morgan fingerprint density at radius 2 is 1.79 bits per heavy atom. The molecule has 1 unspecified atom stereocenters. The van der Waals surface area contributed by atoms with Crippen LogP contribution in [0.15, 0.2) is 36.7 Å². The van der Waals surface area contributed by atoms with Crippen molar-refractivity contribution < 1.29 is 4.74 Å². The molecule has 0 amide bonds. The molecule has 19 heavy (non-hydrogen) atoms. The second-order valence-electron chi connectivity index (χ2n) is 4.38. The number of aromatic nitrogens is 2. The molecule has 0 aliphatic heterocycles. The van der Waals surface area contributed by atoms with E-state index in [1.54, 1.807) is 19.5 Å². The molecule has 0 saturated carbocycles. The summed E-state index contributed by atoms with van der Waals surface area (Å²) in [6.07, 6.45) is 3.58. The van der Waals surface area contributed by atoms with Crippen molar-refractivity contribution in [1.82, 2.24) is 9.97 Å². The summed E-state index contributed by atoms with van der Waals surface area (Å²) < 4.78 is 5.13. The fraction of sp³-hybridized carbons (Fsp3) is 0.286. The van der Waals surface area contributed by atoms with Crippen LogP contribution in [0.3, 0.4) is 0 Å². The Bertz CT molecular complexity index is 508. The number of nitrogens with zero attached hydrogens (tertiary/aromatic N) is 2. The minimum absolute atomic E-state index is 0.0739. The van der Waals surface area contributed by atoms with Crippen molar-refractivity contribution in [2.45, 2.75) is 13.0 Å². The van der Waals surface area contributed by atoms with E-state index in [0.717, 1.165) is 16.9 Å². The summed E-state index contributed by atoms with van der Waals surface area (Å²) in [4.78, 5) is 8.52. The van der Waals surface area contributed by atoms with Crippen LogP contribution in [0.4, 0.5) is 5.95 Å². The third kappa shape index (κ3) is 3.66. The molecule has 0 spiro atoms. The molecule has 1 atom stereocenters. The maximum atomic E-state index is 5.66. The molecular formula is C14H18N4O. The van der Waals surface area contributed by atoms with E-state index in [1.807, 2.05) is 31.2 Å². The summed E-state index contributed by atoms with van der Waals surface area (Å²) in [5.74, 6) is 1.43. The Labute approximate surface area is 112 Å². The average molecular weight is 258 g/mol. The summed E-state index contributed by atoms with van der Waals surface area (Å²) in [6.45, 7) is 2.58. The molecule has 5 heteroatoms. The molecule has 0 fully saturated rings. The smallest absolute Gasteiger partial charge is 0.222 e. The highest BCUT2D eigenvalue weighted by atomic mass is 16.5. The number of benzene rings is 1. The standard InChI is InChI=1S/C14H18N4O/c1-10(15)7-16-14-17-8-12(9-18-14)11-3-5-13(19-2)6-4-11/h3-6,8-10H,7,15H2,1-2H3,(H,16,17,18). The molecule has 0 aliphatic rings. The Morgan fingerprint density at radius 3 is 2.32 bits per heavy atom. The largest absolute Gasteiger partial charge is 0.497 e. The number of methoxy groups -OCH3 is 1. The van der Waals surface area contributed by atoms with Gasteiger partial charge in [0.05, 0.1) is 7.11 Å². The van der Waals surface area contributed by atoms with E-state index in [0.29, 0.717) is 12.5 Å². The van der Waals surface area contributed by atoms with Gasteiger partial charge in [-0.3, -0.25) is 0 Å². The van der Waals surface area contributed by atoms with Crippen LogP contribution in [0.25, 0.3) is 11.1 Å². The highest BCUT2D eigenvalue weighted by Gasteiger charge is 2.01. The van der Waals surface area contributed by atoms with E-state index in [1.165, 1.54) is 0 Å². The van der Waals surface area contributed by atoms with Crippen LogP contribution in [0.2, 0.25) is 0 Å². The van der Waals surface area contributed by atoms with Crippen LogP contribution in [0.1, 0.15) is 6.92 Å². The lowest BCUT2D eigenvalue weighted by atomic mass is 10.1. The van der Waals surface area contributed by atoms with Gasteiger partial charge in [0.15, 0.2) is 0 Å². The van der Waals surface area contributed by atoms with Gasteiger partial charge in [-0.25, -0.2) is 9.97 Å². The highest BCUT2D eigenvalue weighted by molar-refractivity contribution is 5.62. The van der Waals surface area contributed by atoms with Gasteiger partial charge in [-0.15, -0.1) is 0 Å². The minimum atomic E-state index is 0.0739. The number of hydrogen-bond acceptors (Lipinski definition) is 5. The fourth-order valence-electron chi connectivity index (χ4n) is 1.60. The Balaban J connectivity index is 2.08.